The minimum atomic E-state index is -0.739. The fraction of sp³-hybridized carbons (Fsp3) is 0.846. The zero-order chi connectivity index (χ0) is 26.0. The third-order valence-electron chi connectivity index (χ3n) is 7.08. The second kappa shape index (κ2) is 14.5. The molecule has 4 N–H and O–H groups in total. The standard InChI is InChI=1S/C26H47N5O4/c1-4-5-6-12-24(33)30-18-22-29(23(32)13-8-10-15-28)17-20(16-19(2)3)25(34)31(22)21(26(30)35)11-7-9-14-27/h19-22H,4-18,27-28H2,1-3H3/t20-,21+,22+/m0/s1. The molecule has 2 rings (SSSR count). The Bertz CT molecular complexity index is 729. The van der Waals surface area contributed by atoms with Crippen LogP contribution in [0.25, 0.3) is 0 Å². The molecule has 4 amide bonds. The summed E-state index contributed by atoms with van der Waals surface area (Å²) in [5.74, 6) is -0.695. The molecule has 0 aliphatic carbocycles. The van der Waals surface area contributed by atoms with E-state index in [0.717, 1.165) is 32.1 Å². The molecule has 0 spiro atoms. The largest absolute Gasteiger partial charge is 0.330 e. The maximum absolute atomic E-state index is 13.7. The summed E-state index contributed by atoms with van der Waals surface area (Å²) in [7, 11) is 0. The minimum absolute atomic E-state index is 0.0388. The zero-order valence-corrected chi connectivity index (χ0v) is 22.0. The quantitative estimate of drug-likeness (QED) is 0.357. The summed E-state index contributed by atoms with van der Waals surface area (Å²) in [6.45, 7) is 7.60. The molecule has 2 saturated heterocycles. The molecular weight excluding hydrogens is 446 g/mol. The van der Waals surface area contributed by atoms with Gasteiger partial charge in [0.1, 0.15) is 12.2 Å². The number of imide groups is 1. The van der Waals surface area contributed by atoms with E-state index >= 15 is 0 Å². The van der Waals surface area contributed by atoms with Crippen molar-refractivity contribution in [2.24, 2.45) is 23.3 Å². The first-order valence-electron chi connectivity index (χ1n) is 13.6. The van der Waals surface area contributed by atoms with Crippen LogP contribution in [0.3, 0.4) is 0 Å². The van der Waals surface area contributed by atoms with Gasteiger partial charge in [-0.25, -0.2) is 0 Å². The normalized spacial score (nSPS) is 22.7. The molecule has 0 aromatic carbocycles. The van der Waals surface area contributed by atoms with Crippen LogP contribution in [-0.2, 0) is 19.2 Å². The second-order valence-corrected chi connectivity index (χ2v) is 10.4. The van der Waals surface area contributed by atoms with Gasteiger partial charge in [0.25, 0.3) is 5.91 Å². The van der Waals surface area contributed by atoms with Crippen molar-refractivity contribution >= 4 is 23.6 Å². The predicted octanol–water partition coefficient (Wildman–Crippen LogP) is 2.22. The molecule has 3 atom stereocenters. The molecule has 2 heterocycles. The maximum Gasteiger partial charge on any atom is 0.252 e. The average molecular weight is 494 g/mol. The van der Waals surface area contributed by atoms with Crippen LogP contribution in [0.5, 0.6) is 0 Å². The lowest BCUT2D eigenvalue weighted by atomic mass is 9.89. The number of carbonyl (C=O) groups is 4. The molecular formula is C26H47N5O4. The molecule has 35 heavy (non-hydrogen) atoms. The van der Waals surface area contributed by atoms with E-state index in [0.29, 0.717) is 58.2 Å². The first-order valence-corrected chi connectivity index (χ1v) is 13.6. The summed E-state index contributed by atoms with van der Waals surface area (Å²) < 4.78 is 0. The Morgan fingerprint density at radius 2 is 1.51 bits per heavy atom. The number of fused-ring (bicyclic) bond motifs is 1. The summed E-state index contributed by atoms with van der Waals surface area (Å²) in [6.07, 6.45) is 6.62. The molecule has 0 aromatic rings. The third-order valence-corrected chi connectivity index (χ3v) is 7.08. The number of hydrogen-bond acceptors (Lipinski definition) is 6. The van der Waals surface area contributed by atoms with Gasteiger partial charge in [0, 0.05) is 19.4 Å². The Kier molecular flexibility index (Phi) is 12.1. The lowest BCUT2D eigenvalue weighted by Gasteiger charge is -2.54. The summed E-state index contributed by atoms with van der Waals surface area (Å²) >= 11 is 0. The Morgan fingerprint density at radius 3 is 2.14 bits per heavy atom. The Morgan fingerprint density at radius 1 is 0.886 bits per heavy atom. The van der Waals surface area contributed by atoms with Crippen molar-refractivity contribution in [1.82, 2.24) is 14.7 Å². The number of piperazine rings is 1. The zero-order valence-electron chi connectivity index (χ0n) is 22.0. The van der Waals surface area contributed by atoms with E-state index in [9.17, 15) is 19.2 Å². The van der Waals surface area contributed by atoms with E-state index in [-0.39, 0.29) is 42.0 Å². The fourth-order valence-corrected chi connectivity index (χ4v) is 5.25. The van der Waals surface area contributed by atoms with Crippen LogP contribution in [-0.4, -0.2) is 76.7 Å². The SMILES string of the molecule is CCCCCC(=O)N1C[C@@H]2N(C(=O)CCCCN)C[C@H](CC(C)C)C(=O)N2[C@H](CCCCN)C1=O. The van der Waals surface area contributed by atoms with E-state index < -0.39 is 12.2 Å². The van der Waals surface area contributed by atoms with E-state index in [2.05, 4.69) is 20.8 Å². The number of unbranched alkanes of at least 4 members (excludes halogenated alkanes) is 4. The van der Waals surface area contributed by atoms with E-state index in [1.807, 2.05) is 0 Å². The lowest BCUT2D eigenvalue weighted by Crippen LogP contribution is -2.73. The molecule has 9 heteroatoms. The van der Waals surface area contributed by atoms with Crippen molar-refractivity contribution in [2.75, 3.05) is 26.2 Å². The van der Waals surface area contributed by atoms with E-state index in [1.54, 1.807) is 9.80 Å². The summed E-state index contributed by atoms with van der Waals surface area (Å²) in [4.78, 5) is 58.4. The molecule has 0 saturated carbocycles. The van der Waals surface area contributed by atoms with Crippen molar-refractivity contribution < 1.29 is 19.2 Å². The highest BCUT2D eigenvalue weighted by Crippen LogP contribution is 2.33. The second-order valence-electron chi connectivity index (χ2n) is 10.4. The number of amides is 4. The summed E-state index contributed by atoms with van der Waals surface area (Å²) in [5.41, 5.74) is 11.3. The third kappa shape index (κ3) is 7.74. The Hall–Kier alpha value is -2.00. The Labute approximate surface area is 210 Å². The molecule has 2 aliphatic rings. The van der Waals surface area contributed by atoms with Crippen LogP contribution >= 0.6 is 0 Å². The molecule has 200 valence electrons. The lowest BCUT2D eigenvalue weighted by molar-refractivity contribution is -0.182. The predicted molar refractivity (Wildman–Crippen MR) is 136 cm³/mol. The number of nitrogens with two attached hydrogens (primary N) is 2. The van der Waals surface area contributed by atoms with Crippen LogP contribution in [0, 0.1) is 11.8 Å². The van der Waals surface area contributed by atoms with Crippen LogP contribution in [0.1, 0.15) is 91.4 Å². The molecule has 9 nitrogen and oxygen atoms in total. The van der Waals surface area contributed by atoms with Crippen LogP contribution in [0.4, 0.5) is 0 Å². The molecule has 0 bridgehead atoms. The van der Waals surface area contributed by atoms with Crippen molar-refractivity contribution in [3.05, 3.63) is 0 Å². The molecule has 0 aromatic heterocycles. The van der Waals surface area contributed by atoms with Crippen molar-refractivity contribution in [1.29, 1.82) is 0 Å². The van der Waals surface area contributed by atoms with Crippen LogP contribution < -0.4 is 11.5 Å². The van der Waals surface area contributed by atoms with Gasteiger partial charge in [-0.1, -0.05) is 33.6 Å². The van der Waals surface area contributed by atoms with Gasteiger partial charge in [0.15, 0.2) is 0 Å². The minimum Gasteiger partial charge on any atom is -0.330 e. The number of rotatable bonds is 14. The van der Waals surface area contributed by atoms with Crippen LogP contribution in [0.2, 0.25) is 0 Å². The van der Waals surface area contributed by atoms with Crippen molar-refractivity contribution in [2.45, 2.75) is 104 Å². The molecule has 2 aliphatic heterocycles. The molecule has 0 unspecified atom stereocenters. The van der Waals surface area contributed by atoms with Gasteiger partial charge < -0.3 is 21.3 Å². The van der Waals surface area contributed by atoms with Crippen LogP contribution in [0.15, 0.2) is 0 Å². The van der Waals surface area contributed by atoms with Gasteiger partial charge in [-0.15, -0.1) is 0 Å². The van der Waals surface area contributed by atoms with E-state index in [1.165, 1.54) is 4.90 Å². The van der Waals surface area contributed by atoms with Gasteiger partial charge in [-0.3, -0.25) is 24.1 Å². The number of carbonyl (C=O) groups excluding carboxylic acids is 4. The smallest absolute Gasteiger partial charge is 0.252 e. The molecule has 2 fully saturated rings. The Balaban J connectivity index is 2.38. The van der Waals surface area contributed by atoms with Gasteiger partial charge in [0.05, 0.1) is 12.5 Å². The van der Waals surface area contributed by atoms with Gasteiger partial charge in [-0.05, 0) is 64.0 Å². The fourth-order valence-electron chi connectivity index (χ4n) is 5.25. The monoisotopic (exact) mass is 493 g/mol. The topological polar surface area (TPSA) is 130 Å². The number of nitrogens with zero attached hydrogens (tertiary/aromatic N) is 3. The highest BCUT2D eigenvalue weighted by Gasteiger charge is 2.52. The van der Waals surface area contributed by atoms with Crippen molar-refractivity contribution in [3.8, 4) is 0 Å². The first kappa shape index (κ1) is 29.2. The van der Waals surface area contributed by atoms with E-state index in [4.69, 9.17) is 11.5 Å². The first-order chi connectivity index (χ1) is 16.8. The highest BCUT2D eigenvalue weighted by atomic mass is 16.2. The van der Waals surface area contributed by atoms with Crippen molar-refractivity contribution in [3.63, 3.8) is 0 Å². The number of hydrogen-bond donors (Lipinski definition) is 2. The highest BCUT2D eigenvalue weighted by molar-refractivity contribution is 6.01. The van der Waals surface area contributed by atoms with Gasteiger partial charge in [-0.2, -0.15) is 0 Å². The summed E-state index contributed by atoms with van der Waals surface area (Å²) in [5, 5.41) is 0. The average Bonchev–Trinajstić information content (AvgIpc) is 2.81. The maximum atomic E-state index is 13.7. The summed E-state index contributed by atoms with van der Waals surface area (Å²) in [6, 6.07) is -0.739. The molecule has 0 radical (unpaired) electrons. The van der Waals surface area contributed by atoms with Gasteiger partial charge in [0.2, 0.25) is 17.7 Å². The van der Waals surface area contributed by atoms with Gasteiger partial charge >= 0.3 is 0 Å².